The summed E-state index contributed by atoms with van der Waals surface area (Å²) in [5.41, 5.74) is 0. The SMILES string of the molecule is C#CCOCCCN=O. The zero-order valence-corrected chi connectivity index (χ0v) is 5.17. The average molecular weight is 127 g/mol. The fraction of sp³-hybridized carbons (Fsp3) is 0.667. The van der Waals surface area contributed by atoms with Crippen molar-refractivity contribution in [3.8, 4) is 12.3 Å². The zero-order valence-electron chi connectivity index (χ0n) is 5.17. The second-order valence-electron chi connectivity index (χ2n) is 1.46. The Hall–Kier alpha value is -0.880. The van der Waals surface area contributed by atoms with Crippen LogP contribution in [-0.4, -0.2) is 19.8 Å². The summed E-state index contributed by atoms with van der Waals surface area (Å²) in [6.07, 6.45) is 5.54. The van der Waals surface area contributed by atoms with Crippen LogP contribution in [0.4, 0.5) is 0 Å². The highest BCUT2D eigenvalue weighted by molar-refractivity contribution is 4.82. The van der Waals surface area contributed by atoms with Crippen molar-refractivity contribution >= 4 is 0 Å². The Kier molecular flexibility index (Phi) is 6.42. The molecule has 0 radical (unpaired) electrons. The van der Waals surface area contributed by atoms with E-state index < -0.39 is 0 Å². The molecule has 0 aliphatic heterocycles. The average Bonchev–Trinajstić information content (AvgIpc) is 1.89. The number of hydrogen-bond acceptors (Lipinski definition) is 3. The Morgan fingerprint density at radius 3 is 3.00 bits per heavy atom. The fourth-order valence-corrected chi connectivity index (χ4v) is 0.362. The van der Waals surface area contributed by atoms with Gasteiger partial charge in [0.15, 0.2) is 0 Å². The van der Waals surface area contributed by atoms with Crippen molar-refractivity contribution in [3.63, 3.8) is 0 Å². The van der Waals surface area contributed by atoms with Crippen LogP contribution in [0.3, 0.4) is 0 Å². The molecular weight excluding hydrogens is 118 g/mol. The van der Waals surface area contributed by atoms with Gasteiger partial charge >= 0.3 is 0 Å². The third-order valence-corrected chi connectivity index (χ3v) is 0.723. The molecule has 0 heterocycles. The van der Waals surface area contributed by atoms with Gasteiger partial charge in [-0.1, -0.05) is 11.1 Å². The predicted molar refractivity (Wildman–Crippen MR) is 34.9 cm³/mol. The predicted octanol–water partition coefficient (Wildman–Crippen LogP) is 0.793. The summed E-state index contributed by atoms with van der Waals surface area (Å²) >= 11 is 0. The summed E-state index contributed by atoms with van der Waals surface area (Å²) in [6.45, 7) is 1.15. The van der Waals surface area contributed by atoms with Gasteiger partial charge in [-0.2, -0.15) is 4.91 Å². The van der Waals surface area contributed by atoms with Crippen LogP contribution in [0.15, 0.2) is 5.18 Å². The number of terminal acetylenes is 1. The van der Waals surface area contributed by atoms with E-state index in [9.17, 15) is 4.91 Å². The first-order valence-corrected chi connectivity index (χ1v) is 2.72. The first-order valence-electron chi connectivity index (χ1n) is 2.72. The Balaban J connectivity index is 2.76. The maximum Gasteiger partial charge on any atom is 0.107 e. The molecule has 0 aromatic rings. The van der Waals surface area contributed by atoms with E-state index in [1.165, 1.54) is 0 Å². The van der Waals surface area contributed by atoms with Gasteiger partial charge in [0.2, 0.25) is 0 Å². The van der Waals surface area contributed by atoms with Gasteiger partial charge in [0.05, 0.1) is 6.54 Å². The topological polar surface area (TPSA) is 38.7 Å². The van der Waals surface area contributed by atoms with Crippen molar-refractivity contribution in [1.82, 2.24) is 0 Å². The lowest BCUT2D eigenvalue weighted by Crippen LogP contribution is -1.95. The summed E-state index contributed by atoms with van der Waals surface area (Å²) in [5, 5.41) is 2.65. The molecule has 3 heteroatoms. The van der Waals surface area contributed by atoms with Gasteiger partial charge < -0.3 is 4.74 Å². The molecule has 50 valence electrons. The van der Waals surface area contributed by atoms with Gasteiger partial charge in [0, 0.05) is 6.61 Å². The van der Waals surface area contributed by atoms with Crippen molar-refractivity contribution in [2.75, 3.05) is 19.8 Å². The number of nitrogens with zero attached hydrogens (tertiary/aromatic N) is 1. The van der Waals surface area contributed by atoms with E-state index in [0.717, 1.165) is 0 Å². The van der Waals surface area contributed by atoms with Crippen molar-refractivity contribution in [1.29, 1.82) is 0 Å². The van der Waals surface area contributed by atoms with E-state index in [1.807, 2.05) is 0 Å². The van der Waals surface area contributed by atoms with E-state index in [-0.39, 0.29) is 0 Å². The zero-order chi connectivity index (χ0) is 6.95. The highest BCUT2D eigenvalue weighted by atomic mass is 16.5. The number of nitroso groups, excluding NO2 is 1. The molecule has 0 aliphatic carbocycles. The second-order valence-corrected chi connectivity index (χ2v) is 1.46. The van der Waals surface area contributed by atoms with Crippen LogP contribution in [-0.2, 0) is 4.74 Å². The summed E-state index contributed by atoms with van der Waals surface area (Å²) in [4.78, 5) is 9.49. The number of rotatable bonds is 5. The number of ether oxygens (including phenoxy) is 1. The lowest BCUT2D eigenvalue weighted by molar-refractivity contribution is 0.166. The summed E-state index contributed by atoms with van der Waals surface area (Å²) in [5.74, 6) is 2.31. The molecular formula is C6H9NO2. The van der Waals surface area contributed by atoms with Gasteiger partial charge in [-0.25, -0.2) is 0 Å². The minimum absolute atomic E-state index is 0.310. The molecule has 3 nitrogen and oxygen atoms in total. The Bertz CT molecular complexity index is 106. The van der Waals surface area contributed by atoms with E-state index in [0.29, 0.717) is 26.2 Å². The Labute approximate surface area is 54.4 Å². The van der Waals surface area contributed by atoms with Crippen LogP contribution >= 0.6 is 0 Å². The van der Waals surface area contributed by atoms with Crippen LogP contribution in [0, 0.1) is 17.3 Å². The molecule has 0 bridgehead atoms. The van der Waals surface area contributed by atoms with Gasteiger partial charge in [-0.05, 0) is 6.42 Å². The molecule has 0 amide bonds. The van der Waals surface area contributed by atoms with Crippen molar-refractivity contribution < 1.29 is 4.74 Å². The second kappa shape index (κ2) is 7.12. The maximum atomic E-state index is 9.49. The van der Waals surface area contributed by atoms with Crippen LogP contribution < -0.4 is 0 Å². The lowest BCUT2D eigenvalue weighted by Gasteiger charge is -1.93. The molecule has 0 saturated heterocycles. The van der Waals surface area contributed by atoms with E-state index in [1.54, 1.807) is 0 Å². The number of hydrogen-bond donors (Lipinski definition) is 0. The van der Waals surface area contributed by atoms with Crippen LogP contribution in [0.1, 0.15) is 6.42 Å². The standard InChI is InChI=1S/C6H9NO2/c1-2-5-9-6-3-4-7-8/h1H,3-6H2. The van der Waals surface area contributed by atoms with Gasteiger partial charge in [-0.15, -0.1) is 6.42 Å². The van der Waals surface area contributed by atoms with Crippen LogP contribution in [0.2, 0.25) is 0 Å². The normalized spacial score (nSPS) is 8.33. The van der Waals surface area contributed by atoms with Crippen LogP contribution in [0.5, 0.6) is 0 Å². The van der Waals surface area contributed by atoms with Crippen molar-refractivity contribution in [2.24, 2.45) is 5.18 Å². The van der Waals surface area contributed by atoms with Crippen LogP contribution in [0.25, 0.3) is 0 Å². The van der Waals surface area contributed by atoms with Gasteiger partial charge in [0.25, 0.3) is 0 Å². The third-order valence-electron chi connectivity index (χ3n) is 0.723. The monoisotopic (exact) mass is 127 g/mol. The largest absolute Gasteiger partial charge is 0.369 e. The molecule has 0 aromatic heterocycles. The molecule has 0 aliphatic rings. The molecule has 0 rings (SSSR count). The summed E-state index contributed by atoms with van der Waals surface area (Å²) in [7, 11) is 0. The molecule has 0 unspecified atom stereocenters. The smallest absolute Gasteiger partial charge is 0.107 e. The van der Waals surface area contributed by atoms with Crippen molar-refractivity contribution in [2.45, 2.75) is 6.42 Å². The Morgan fingerprint density at radius 1 is 1.67 bits per heavy atom. The molecule has 0 fully saturated rings. The van der Waals surface area contributed by atoms with Gasteiger partial charge in [-0.3, -0.25) is 0 Å². The van der Waals surface area contributed by atoms with Crippen molar-refractivity contribution in [3.05, 3.63) is 4.91 Å². The molecule has 0 atom stereocenters. The fourth-order valence-electron chi connectivity index (χ4n) is 0.362. The van der Waals surface area contributed by atoms with E-state index in [4.69, 9.17) is 11.2 Å². The minimum Gasteiger partial charge on any atom is -0.369 e. The maximum absolute atomic E-state index is 9.49. The third kappa shape index (κ3) is 7.12. The molecule has 0 aromatic carbocycles. The molecule has 0 saturated carbocycles. The lowest BCUT2D eigenvalue weighted by atomic mass is 10.5. The van der Waals surface area contributed by atoms with E-state index in [2.05, 4.69) is 11.1 Å². The highest BCUT2D eigenvalue weighted by Gasteiger charge is 1.84. The molecule has 9 heavy (non-hydrogen) atoms. The summed E-state index contributed by atoms with van der Waals surface area (Å²) in [6, 6.07) is 0. The highest BCUT2D eigenvalue weighted by Crippen LogP contribution is 1.81. The minimum atomic E-state index is 0.310. The molecule has 0 spiro atoms. The Morgan fingerprint density at radius 2 is 2.44 bits per heavy atom. The first-order chi connectivity index (χ1) is 4.41. The molecule has 0 N–H and O–H groups in total. The summed E-state index contributed by atoms with van der Waals surface area (Å²) < 4.78 is 4.85. The van der Waals surface area contributed by atoms with Gasteiger partial charge in [0.1, 0.15) is 6.61 Å². The quantitative estimate of drug-likeness (QED) is 0.311. The first kappa shape index (κ1) is 8.12. The van der Waals surface area contributed by atoms with E-state index >= 15 is 0 Å².